The maximum atomic E-state index is 13.3. The Morgan fingerprint density at radius 3 is 1.87 bits per heavy atom. The number of nitrogens with zero attached hydrogens (tertiary/aromatic N) is 1. The van der Waals surface area contributed by atoms with E-state index >= 15 is 0 Å². The number of carboxylic acids is 1. The number of aliphatic carboxylic acids is 1. The van der Waals surface area contributed by atoms with Crippen LogP contribution in [0.5, 0.6) is 0 Å². The Hall–Kier alpha value is -4.93. The van der Waals surface area contributed by atoms with Gasteiger partial charge >= 0.3 is 5.97 Å². The molecule has 0 saturated carbocycles. The molecular weight excluding hydrogens is 716 g/mol. The first-order valence-electron chi connectivity index (χ1n) is 17.7. The fourth-order valence-electron chi connectivity index (χ4n) is 5.49. The minimum atomic E-state index is -1.58. The van der Waals surface area contributed by atoms with Crippen LogP contribution in [0.4, 0.5) is 0 Å². The van der Waals surface area contributed by atoms with Gasteiger partial charge in [0, 0.05) is 13.0 Å². The summed E-state index contributed by atoms with van der Waals surface area (Å²) in [6, 6.07) is -7.96. The number of likely N-dealkylation sites (tertiary alicyclic amines) is 1. The van der Waals surface area contributed by atoms with Gasteiger partial charge in [-0.2, -0.15) is 0 Å². The van der Waals surface area contributed by atoms with E-state index in [0.29, 0.717) is 19.3 Å². The molecule has 1 saturated heterocycles. The number of aliphatic hydroxyl groups excluding tert-OH is 2. The monoisotopic (exact) mass is 772 g/mol. The Morgan fingerprint density at radius 2 is 1.33 bits per heavy atom. The van der Waals surface area contributed by atoms with Crippen LogP contribution in [0, 0.1) is 5.92 Å². The van der Waals surface area contributed by atoms with E-state index in [-0.39, 0.29) is 51.1 Å². The molecule has 6 atom stereocenters. The van der Waals surface area contributed by atoms with Crippen LogP contribution in [-0.2, 0) is 43.2 Å². The number of carbonyl (C=O) groups is 9. The molecule has 1 rings (SSSR count). The van der Waals surface area contributed by atoms with E-state index in [1.54, 1.807) is 13.8 Å². The molecule has 0 spiro atoms. The van der Waals surface area contributed by atoms with Crippen molar-refractivity contribution in [2.75, 3.05) is 39.4 Å². The molecule has 0 aromatic rings. The topological polar surface area (TPSA) is 368 Å². The first kappa shape index (κ1) is 47.1. The van der Waals surface area contributed by atoms with Gasteiger partial charge in [0.2, 0.25) is 47.3 Å². The smallest absolute Gasteiger partial charge is 0.326 e. The summed E-state index contributed by atoms with van der Waals surface area (Å²) in [5.74, 6) is -8.07. The molecule has 1 fully saturated rings. The lowest BCUT2D eigenvalue weighted by molar-refractivity contribution is -0.143. The van der Waals surface area contributed by atoms with Crippen molar-refractivity contribution < 1.29 is 58.5 Å². The van der Waals surface area contributed by atoms with Crippen molar-refractivity contribution in [1.29, 1.82) is 0 Å². The first-order chi connectivity index (χ1) is 25.5. The second-order valence-corrected chi connectivity index (χ2v) is 13.2. The second-order valence-electron chi connectivity index (χ2n) is 13.2. The van der Waals surface area contributed by atoms with Crippen molar-refractivity contribution in [3.63, 3.8) is 0 Å². The Labute approximate surface area is 312 Å². The number of carbonyl (C=O) groups excluding carboxylic acids is 8. The van der Waals surface area contributed by atoms with Gasteiger partial charge in [-0.15, -0.1) is 0 Å². The molecule has 0 aromatic carbocycles. The van der Waals surface area contributed by atoms with Crippen LogP contribution in [0.2, 0.25) is 0 Å². The number of aliphatic hydroxyl groups is 2. The summed E-state index contributed by atoms with van der Waals surface area (Å²) in [4.78, 5) is 114. The molecule has 8 amide bonds. The molecule has 15 N–H and O–H groups in total. The minimum Gasteiger partial charge on any atom is -0.480 e. The molecule has 0 aromatic heterocycles. The average molecular weight is 773 g/mol. The van der Waals surface area contributed by atoms with Gasteiger partial charge in [-0.1, -0.05) is 13.8 Å². The van der Waals surface area contributed by atoms with Gasteiger partial charge in [0.05, 0.1) is 26.3 Å². The molecule has 0 radical (unpaired) electrons. The number of amides is 8. The molecule has 54 heavy (non-hydrogen) atoms. The zero-order valence-corrected chi connectivity index (χ0v) is 30.6. The van der Waals surface area contributed by atoms with Crippen LogP contribution in [0.3, 0.4) is 0 Å². The van der Waals surface area contributed by atoms with Gasteiger partial charge in [-0.25, -0.2) is 4.79 Å². The summed E-state index contributed by atoms with van der Waals surface area (Å²) in [6.07, 6.45) is 0.955. The predicted octanol–water partition coefficient (Wildman–Crippen LogP) is -6.01. The minimum absolute atomic E-state index is 0.0727. The van der Waals surface area contributed by atoms with Gasteiger partial charge in [0.1, 0.15) is 36.3 Å². The molecule has 0 aliphatic carbocycles. The zero-order chi connectivity index (χ0) is 41.0. The van der Waals surface area contributed by atoms with E-state index in [0.717, 1.165) is 4.90 Å². The summed E-state index contributed by atoms with van der Waals surface area (Å²) >= 11 is 0. The molecule has 0 bridgehead atoms. The summed E-state index contributed by atoms with van der Waals surface area (Å²) in [7, 11) is 0. The molecular formula is C32H56N10O12. The van der Waals surface area contributed by atoms with E-state index < -0.39 is 116 Å². The van der Waals surface area contributed by atoms with E-state index in [4.69, 9.17) is 17.2 Å². The van der Waals surface area contributed by atoms with Crippen molar-refractivity contribution in [3.05, 3.63) is 0 Å². The van der Waals surface area contributed by atoms with Crippen LogP contribution >= 0.6 is 0 Å². The Bertz CT molecular complexity index is 1330. The molecule has 0 unspecified atom stereocenters. The predicted molar refractivity (Wildman–Crippen MR) is 189 cm³/mol. The Balaban J connectivity index is 2.97. The highest BCUT2D eigenvalue weighted by molar-refractivity contribution is 5.97. The van der Waals surface area contributed by atoms with Gasteiger partial charge in [-0.3, -0.25) is 38.4 Å². The highest BCUT2D eigenvalue weighted by atomic mass is 16.4. The molecule has 1 heterocycles. The second kappa shape index (κ2) is 24.4. The number of hydrogen-bond acceptors (Lipinski definition) is 13. The number of nitrogens with one attached hydrogen (secondary N) is 6. The third-order valence-electron chi connectivity index (χ3n) is 8.31. The van der Waals surface area contributed by atoms with Crippen molar-refractivity contribution in [1.82, 2.24) is 36.8 Å². The lowest BCUT2D eigenvalue weighted by Crippen LogP contribution is -2.58. The van der Waals surface area contributed by atoms with Crippen LogP contribution in [0.1, 0.15) is 65.2 Å². The van der Waals surface area contributed by atoms with E-state index in [2.05, 4.69) is 31.9 Å². The van der Waals surface area contributed by atoms with Gasteiger partial charge < -0.3 is 69.3 Å². The number of unbranched alkanes of at least 4 members (excludes halogenated alkanes) is 1. The Kier molecular flexibility index (Phi) is 21.3. The largest absolute Gasteiger partial charge is 0.480 e. The number of hydrogen-bond donors (Lipinski definition) is 12. The van der Waals surface area contributed by atoms with Gasteiger partial charge in [0.15, 0.2) is 0 Å². The van der Waals surface area contributed by atoms with Gasteiger partial charge in [-0.05, 0) is 57.4 Å². The van der Waals surface area contributed by atoms with Crippen LogP contribution < -0.4 is 49.1 Å². The number of carboxylic acid groups (broad SMARTS) is 1. The standard InChI is InChI=1S/C32H56N10O12/c1-17(2)12-20(32(53)54)40-28(49)18(6-3-4-10-33)39-29(50)19(8-9-24(35)45)37-26(47)14-36-27(48)21(15-43)41-30(51)23-7-5-11-42(23)31(52)22(16-44)38-25(46)13-34/h17-23,43-44H,3-16,33-34H2,1-2H3,(H2,35,45)(H,36,48)(H,37,47)(H,38,46)(H,39,50)(H,40,49)(H,41,51)(H,53,54)/t18-,19-,20-,21-,22-,23-/m0/s1. The highest BCUT2D eigenvalue weighted by Crippen LogP contribution is 2.19. The zero-order valence-electron chi connectivity index (χ0n) is 30.6. The molecule has 306 valence electrons. The van der Waals surface area contributed by atoms with Crippen molar-refractivity contribution >= 4 is 53.2 Å². The summed E-state index contributed by atoms with van der Waals surface area (Å²) in [5, 5.41) is 43.0. The van der Waals surface area contributed by atoms with Crippen molar-refractivity contribution in [2.45, 2.75) is 101 Å². The first-order valence-corrected chi connectivity index (χ1v) is 17.7. The third kappa shape index (κ3) is 16.4. The maximum Gasteiger partial charge on any atom is 0.326 e. The van der Waals surface area contributed by atoms with Crippen LogP contribution in [-0.4, -0.2) is 149 Å². The molecule has 1 aliphatic heterocycles. The maximum absolute atomic E-state index is 13.3. The lowest BCUT2D eigenvalue weighted by Gasteiger charge is -2.28. The number of nitrogens with two attached hydrogens (primary N) is 3. The lowest BCUT2D eigenvalue weighted by atomic mass is 10.0. The van der Waals surface area contributed by atoms with Crippen LogP contribution in [0.15, 0.2) is 0 Å². The highest BCUT2D eigenvalue weighted by Gasteiger charge is 2.39. The van der Waals surface area contributed by atoms with E-state index in [1.165, 1.54) is 0 Å². The third-order valence-corrected chi connectivity index (χ3v) is 8.31. The summed E-state index contributed by atoms with van der Waals surface area (Å²) < 4.78 is 0. The number of rotatable bonds is 25. The summed E-state index contributed by atoms with van der Waals surface area (Å²) in [6.45, 7) is 1.05. The average Bonchev–Trinajstić information content (AvgIpc) is 3.62. The summed E-state index contributed by atoms with van der Waals surface area (Å²) in [5.41, 5.74) is 16.1. The quantitative estimate of drug-likeness (QED) is 0.0385. The molecule has 22 heteroatoms. The SMILES string of the molecule is CC(C)C[C@H](NC(=O)[C@H](CCCCN)NC(=O)[C@H](CCC(N)=O)NC(=O)CNC(=O)[C@H](CO)NC(=O)[C@@H]1CCCN1C(=O)[C@H](CO)NC(=O)CN)C(=O)O. The molecule has 1 aliphatic rings. The van der Waals surface area contributed by atoms with Gasteiger partial charge in [0.25, 0.3) is 0 Å². The number of primary amides is 1. The van der Waals surface area contributed by atoms with Crippen LogP contribution in [0.25, 0.3) is 0 Å². The fraction of sp³-hybridized carbons (Fsp3) is 0.719. The normalized spacial score (nSPS) is 16.6. The fourth-order valence-corrected chi connectivity index (χ4v) is 5.49. The van der Waals surface area contributed by atoms with E-state index in [1.807, 2.05) is 0 Å². The van der Waals surface area contributed by atoms with Crippen molar-refractivity contribution in [2.24, 2.45) is 23.1 Å². The molecule has 22 nitrogen and oxygen atoms in total. The van der Waals surface area contributed by atoms with Crippen molar-refractivity contribution in [3.8, 4) is 0 Å². The van der Waals surface area contributed by atoms with E-state index in [9.17, 15) is 58.5 Å². The Morgan fingerprint density at radius 1 is 0.741 bits per heavy atom.